The third kappa shape index (κ3) is 7.76. The van der Waals surface area contributed by atoms with E-state index in [4.69, 9.17) is 14.2 Å². The van der Waals surface area contributed by atoms with Crippen LogP contribution in [0.3, 0.4) is 0 Å². The van der Waals surface area contributed by atoms with Gasteiger partial charge >= 0.3 is 0 Å². The zero-order valence-corrected chi connectivity index (χ0v) is 29.2. The van der Waals surface area contributed by atoms with Gasteiger partial charge in [-0.15, -0.1) is 10.2 Å². The Balaban J connectivity index is 1.28. The summed E-state index contributed by atoms with van der Waals surface area (Å²) in [5.74, 6) is -2.07. The van der Waals surface area contributed by atoms with Crippen molar-refractivity contribution in [2.75, 3.05) is 26.2 Å². The van der Waals surface area contributed by atoms with E-state index in [9.17, 15) is 14.3 Å². The number of benzene rings is 2. The van der Waals surface area contributed by atoms with Gasteiger partial charge in [0.2, 0.25) is 0 Å². The van der Waals surface area contributed by atoms with Crippen molar-refractivity contribution in [3.8, 4) is 34.4 Å². The summed E-state index contributed by atoms with van der Waals surface area (Å²) in [6, 6.07) is 10.9. The number of amides is 1. The van der Waals surface area contributed by atoms with E-state index in [0.717, 1.165) is 17.2 Å². The number of likely N-dealkylation sites (N-methyl/N-ethyl adjacent to an activating group) is 1. The van der Waals surface area contributed by atoms with Crippen LogP contribution in [0, 0.1) is 11.6 Å². The van der Waals surface area contributed by atoms with Gasteiger partial charge in [0, 0.05) is 43.3 Å². The summed E-state index contributed by atoms with van der Waals surface area (Å²) < 4.78 is 46.3. The number of halogens is 2. The molecule has 0 aliphatic heterocycles. The molecule has 1 aliphatic rings. The molecule has 1 amide bonds. The fourth-order valence-electron chi connectivity index (χ4n) is 6.36. The van der Waals surface area contributed by atoms with Crippen LogP contribution in [0.25, 0.3) is 11.3 Å². The van der Waals surface area contributed by atoms with Gasteiger partial charge in [0.25, 0.3) is 11.8 Å². The number of hydrogen-bond acceptors (Lipinski definition) is 11. The molecule has 50 heavy (non-hydrogen) atoms. The number of nitrogens with one attached hydrogen (secondary N) is 1. The molecule has 0 radical (unpaired) electrons. The third-order valence-electron chi connectivity index (χ3n) is 8.81. The average Bonchev–Trinajstić information content (AvgIpc) is 3.48. The predicted molar refractivity (Wildman–Crippen MR) is 184 cm³/mol. The van der Waals surface area contributed by atoms with Gasteiger partial charge in [-0.25, -0.2) is 18.7 Å². The topological polar surface area (TPSA) is 135 Å². The highest BCUT2D eigenvalue weighted by atomic mass is 19.2. The molecule has 2 heterocycles. The number of anilines is 1. The summed E-state index contributed by atoms with van der Waals surface area (Å²) in [6.45, 7) is 7.78. The Morgan fingerprint density at radius 2 is 1.70 bits per heavy atom. The Kier molecular flexibility index (Phi) is 11.4. The molecule has 14 heteroatoms. The molecule has 5 rings (SSSR count). The van der Waals surface area contributed by atoms with Gasteiger partial charge in [0.15, 0.2) is 29.0 Å². The number of hydrogen-bond donors (Lipinski definition) is 2. The minimum Gasteiger partial charge on any atom is -0.491 e. The van der Waals surface area contributed by atoms with E-state index < -0.39 is 29.2 Å². The summed E-state index contributed by atoms with van der Waals surface area (Å²) in [6.07, 6.45) is 3.12. The van der Waals surface area contributed by atoms with Crippen LogP contribution < -0.4 is 24.4 Å². The zero-order valence-electron chi connectivity index (χ0n) is 29.2. The van der Waals surface area contributed by atoms with Crippen molar-refractivity contribution in [1.29, 1.82) is 0 Å². The van der Waals surface area contributed by atoms with Crippen molar-refractivity contribution < 1.29 is 32.9 Å². The highest BCUT2D eigenvalue weighted by Crippen LogP contribution is 2.37. The summed E-state index contributed by atoms with van der Waals surface area (Å²) >= 11 is 0. The van der Waals surface area contributed by atoms with Crippen molar-refractivity contribution in [3.05, 3.63) is 77.8 Å². The van der Waals surface area contributed by atoms with Gasteiger partial charge < -0.3 is 34.4 Å². The van der Waals surface area contributed by atoms with Crippen LogP contribution in [-0.4, -0.2) is 87.6 Å². The number of ether oxygens (including phenoxy) is 3. The lowest BCUT2D eigenvalue weighted by Gasteiger charge is -2.32. The number of rotatable bonds is 13. The molecule has 0 saturated heterocycles. The first-order chi connectivity index (χ1) is 23.9. The van der Waals surface area contributed by atoms with Crippen molar-refractivity contribution >= 4 is 11.7 Å². The Morgan fingerprint density at radius 3 is 2.36 bits per heavy atom. The molecule has 1 fully saturated rings. The number of aliphatic hydroxyl groups excluding tert-OH is 1. The highest BCUT2D eigenvalue weighted by Gasteiger charge is 2.37. The second kappa shape index (κ2) is 15.7. The standard InChI is InChI=1S/C36H43F2N7O5/c1-20(2)45(21(3)4)36(47)32-29(13-12-25(37)33(32)38)50-31-18-39-19-41-34(31)44(5)27-14-24(15-28(27)46)40-17-22-8-10-23(11-9-22)26-16-30(48-6)35(49-7)43-42-26/h8-13,16,18-21,24,27-28,40,46H,14-15,17H2,1-7H3/t24-,27+,28-/m1/s1. The first kappa shape index (κ1) is 36.3. The zero-order chi connectivity index (χ0) is 36.1. The molecule has 2 aromatic carbocycles. The van der Waals surface area contributed by atoms with Crippen LogP contribution in [-0.2, 0) is 6.54 Å². The molecule has 1 aliphatic carbocycles. The number of carbonyl (C=O) groups is 1. The Morgan fingerprint density at radius 1 is 0.980 bits per heavy atom. The van der Waals surface area contributed by atoms with Crippen molar-refractivity contribution in [2.45, 2.75) is 77.4 Å². The highest BCUT2D eigenvalue weighted by molar-refractivity contribution is 5.97. The van der Waals surface area contributed by atoms with E-state index in [1.165, 1.54) is 30.6 Å². The van der Waals surface area contributed by atoms with E-state index in [1.807, 2.05) is 24.3 Å². The lowest BCUT2D eigenvalue weighted by atomic mass is 10.1. The molecule has 12 nitrogen and oxygen atoms in total. The molecule has 1 saturated carbocycles. The van der Waals surface area contributed by atoms with Gasteiger partial charge in [-0.1, -0.05) is 24.3 Å². The fourth-order valence-corrected chi connectivity index (χ4v) is 6.36. The van der Waals surface area contributed by atoms with Gasteiger partial charge in [0.1, 0.15) is 17.6 Å². The third-order valence-corrected chi connectivity index (χ3v) is 8.81. The maximum atomic E-state index is 15.2. The lowest BCUT2D eigenvalue weighted by molar-refractivity contribution is 0.0634. The molecular formula is C36H43F2N7O5. The summed E-state index contributed by atoms with van der Waals surface area (Å²) in [7, 11) is 4.83. The molecule has 2 aromatic heterocycles. The van der Waals surface area contributed by atoms with Crippen molar-refractivity contribution in [3.63, 3.8) is 0 Å². The molecule has 3 atom stereocenters. The number of aromatic nitrogens is 4. The minimum absolute atomic E-state index is 0.00600. The van der Waals surface area contributed by atoms with Gasteiger partial charge in [-0.3, -0.25) is 4.79 Å². The maximum Gasteiger partial charge on any atom is 0.276 e. The largest absolute Gasteiger partial charge is 0.491 e. The van der Waals surface area contributed by atoms with Crippen LogP contribution >= 0.6 is 0 Å². The second-order valence-corrected chi connectivity index (χ2v) is 12.7. The Bertz CT molecular complexity index is 1790. The molecule has 4 aromatic rings. The van der Waals surface area contributed by atoms with Crippen LogP contribution in [0.1, 0.15) is 56.5 Å². The number of carbonyl (C=O) groups excluding carboxylic acids is 1. The smallest absolute Gasteiger partial charge is 0.276 e. The summed E-state index contributed by atoms with van der Waals surface area (Å²) in [5.41, 5.74) is 2.06. The summed E-state index contributed by atoms with van der Waals surface area (Å²) in [4.78, 5) is 25.3. The predicted octanol–water partition coefficient (Wildman–Crippen LogP) is 5.40. The second-order valence-electron chi connectivity index (χ2n) is 12.7. The minimum atomic E-state index is -1.30. The van der Waals surface area contributed by atoms with Crippen molar-refractivity contribution in [2.24, 2.45) is 0 Å². The molecule has 266 valence electrons. The van der Waals surface area contributed by atoms with E-state index in [2.05, 4.69) is 25.5 Å². The number of aliphatic hydroxyl groups is 1. The Hall–Kier alpha value is -4.95. The monoisotopic (exact) mass is 691 g/mol. The molecule has 2 N–H and O–H groups in total. The van der Waals surface area contributed by atoms with Gasteiger partial charge in [-0.2, -0.15) is 0 Å². The quantitative estimate of drug-likeness (QED) is 0.187. The summed E-state index contributed by atoms with van der Waals surface area (Å²) in [5, 5.41) is 23.0. The van der Waals surface area contributed by atoms with E-state index in [-0.39, 0.29) is 35.7 Å². The normalized spacial score (nSPS) is 17.2. The average molecular weight is 692 g/mol. The van der Waals surface area contributed by atoms with Crippen molar-refractivity contribution in [1.82, 2.24) is 30.4 Å². The first-order valence-electron chi connectivity index (χ1n) is 16.4. The molecule has 0 spiro atoms. The van der Waals surface area contributed by atoms with Crippen LogP contribution in [0.2, 0.25) is 0 Å². The number of methoxy groups -OCH3 is 2. The first-order valence-corrected chi connectivity index (χ1v) is 16.4. The maximum absolute atomic E-state index is 15.2. The SMILES string of the molecule is COc1cc(-c2ccc(CN[C@H]3C[C@@H](O)[C@@H](N(C)c4ncncc4Oc4ccc(F)c(F)c4C(=O)N(C(C)C)C(C)C)C3)cc2)nnc1OC. The van der Waals surface area contributed by atoms with Crippen LogP contribution in [0.4, 0.5) is 14.6 Å². The fraction of sp³-hybridized carbons (Fsp3) is 0.417. The van der Waals surface area contributed by atoms with E-state index >= 15 is 4.39 Å². The Labute approximate surface area is 290 Å². The van der Waals surface area contributed by atoms with Gasteiger partial charge in [0.05, 0.1) is 38.3 Å². The lowest BCUT2D eigenvalue weighted by Crippen LogP contribution is -2.42. The molecular weight excluding hydrogens is 648 g/mol. The van der Waals surface area contributed by atoms with E-state index in [1.54, 1.807) is 52.8 Å². The molecule has 0 bridgehead atoms. The van der Waals surface area contributed by atoms with Crippen LogP contribution in [0.15, 0.2) is 55.0 Å². The van der Waals surface area contributed by atoms with Crippen LogP contribution in [0.5, 0.6) is 23.1 Å². The van der Waals surface area contributed by atoms with E-state index in [0.29, 0.717) is 42.5 Å². The number of nitrogens with zero attached hydrogens (tertiary/aromatic N) is 6. The molecule has 0 unspecified atom stereocenters. The van der Waals surface area contributed by atoms with Gasteiger partial charge in [-0.05, 0) is 58.2 Å².